The lowest BCUT2D eigenvalue weighted by atomic mass is 10.1. The lowest BCUT2D eigenvalue weighted by molar-refractivity contribution is -0.134. The number of esters is 1. The number of carbonyl (C=O) groups is 3. The molecule has 7 heteroatoms. The normalized spacial score (nSPS) is 12.8. The van der Waals surface area contributed by atoms with Gasteiger partial charge >= 0.3 is 5.97 Å². The highest BCUT2D eigenvalue weighted by Crippen LogP contribution is 2.30. The number of amides is 2. The molecule has 3 aromatic rings. The second-order valence-corrected chi connectivity index (χ2v) is 7.28. The molecule has 0 aliphatic carbocycles. The number of nitrogens with zero attached hydrogens (tertiary/aromatic N) is 2. The maximum absolute atomic E-state index is 12.5. The van der Waals surface area contributed by atoms with Gasteiger partial charge in [0.05, 0.1) is 24.2 Å². The fourth-order valence-corrected chi connectivity index (χ4v) is 3.47. The van der Waals surface area contributed by atoms with Gasteiger partial charge in [0, 0.05) is 18.9 Å². The zero-order valence-electron chi connectivity index (χ0n) is 18.1. The van der Waals surface area contributed by atoms with Crippen LogP contribution in [0.5, 0.6) is 11.5 Å². The summed E-state index contributed by atoms with van der Waals surface area (Å²) in [5, 5.41) is 0. The highest BCUT2D eigenvalue weighted by molar-refractivity contribution is 6.21. The number of imide groups is 1. The number of fused-ring (bicyclic) bond motifs is 1. The first-order chi connectivity index (χ1) is 16.1. The van der Waals surface area contributed by atoms with Crippen molar-refractivity contribution in [3.8, 4) is 11.5 Å². The van der Waals surface area contributed by atoms with Gasteiger partial charge in [-0.3, -0.25) is 24.3 Å². The van der Waals surface area contributed by atoms with Gasteiger partial charge in [-0.25, -0.2) is 0 Å². The molecule has 2 amide bonds. The summed E-state index contributed by atoms with van der Waals surface area (Å²) in [6.45, 7) is 2.19. The number of benzene rings is 2. The number of rotatable bonds is 8. The molecule has 0 bridgehead atoms. The van der Waals surface area contributed by atoms with Crippen LogP contribution in [0, 0.1) is 0 Å². The average molecular weight is 442 g/mol. The van der Waals surface area contributed by atoms with E-state index in [-0.39, 0.29) is 18.7 Å². The van der Waals surface area contributed by atoms with Crippen molar-refractivity contribution in [3.63, 3.8) is 0 Å². The third-order valence-electron chi connectivity index (χ3n) is 5.08. The standard InChI is InChI=1S/C26H22N2O5/c1-2-32-23-17-19(8-7-18-11-14-27-15-12-18)9-10-22(23)33-24(29)13-16-28-25(30)20-5-3-4-6-21(20)26(28)31/h3-12,14-15,17H,2,13,16H2,1H3/b8-7+. The van der Waals surface area contributed by atoms with Crippen molar-refractivity contribution in [1.82, 2.24) is 9.88 Å². The first-order valence-corrected chi connectivity index (χ1v) is 10.6. The largest absolute Gasteiger partial charge is 0.490 e. The zero-order chi connectivity index (χ0) is 23.2. The van der Waals surface area contributed by atoms with E-state index < -0.39 is 17.8 Å². The minimum Gasteiger partial charge on any atom is -0.490 e. The van der Waals surface area contributed by atoms with Gasteiger partial charge in [0.15, 0.2) is 11.5 Å². The molecule has 4 rings (SSSR count). The summed E-state index contributed by atoms with van der Waals surface area (Å²) in [6.07, 6.45) is 7.18. The molecule has 1 aromatic heterocycles. The summed E-state index contributed by atoms with van der Waals surface area (Å²) >= 11 is 0. The maximum atomic E-state index is 12.5. The third-order valence-corrected chi connectivity index (χ3v) is 5.08. The van der Waals surface area contributed by atoms with Crippen molar-refractivity contribution in [1.29, 1.82) is 0 Å². The monoisotopic (exact) mass is 442 g/mol. The molecule has 0 unspecified atom stereocenters. The molecular formula is C26H22N2O5. The van der Waals surface area contributed by atoms with Crippen LogP contribution in [0.15, 0.2) is 67.0 Å². The van der Waals surface area contributed by atoms with Crippen molar-refractivity contribution >= 4 is 29.9 Å². The third kappa shape index (κ3) is 4.98. The van der Waals surface area contributed by atoms with E-state index >= 15 is 0 Å². The van der Waals surface area contributed by atoms with E-state index in [0.717, 1.165) is 16.0 Å². The van der Waals surface area contributed by atoms with E-state index in [0.29, 0.717) is 23.5 Å². The van der Waals surface area contributed by atoms with Crippen molar-refractivity contribution < 1.29 is 23.9 Å². The lowest BCUT2D eigenvalue weighted by Gasteiger charge is -2.14. The number of hydrogen-bond donors (Lipinski definition) is 0. The topological polar surface area (TPSA) is 85.8 Å². The van der Waals surface area contributed by atoms with Gasteiger partial charge in [-0.15, -0.1) is 0 Å². The van der Waals surface area contributed by atoms with E-state index in [4.69, 9.17) is 9.47 Å². The molecule has 0 N–H and O–H groups in total. The quantitative estimate of drug-likeness (QED) is 0.295. The summed E-state index contributed by atoms with van der Waals surface area (Å²) in [4.78, 5) is 42.4. The van der Waals surface area contributed by atoms with E-state index in [1.165, 1.54) is 0 Å². The first-order valence-electron chi connectivity index (χ1n) is 10.6. The Kier molecular flexibility index (Phi) is 6.59. The van der Waals surface area contributed by atoms with Crippen molar-refractivity contribution in [2.45, 2.75) is 13.3 Å². The summed E-state index contributed by atoms with van der Waals surface area (Å²) < 4.78 is 11.1. The Morgan fingerprint density at radius 3 is 2.24 bits per heavy atom. The summed E-state index contributed by atoms with van der Waals surface area (Å²) in [7, 11) is 0. The van der Waals surface area contributed by atoms with Gasteiger partial charge in [0.25, 0.3) is 11.8 Å². The molecule has 1 aliphatic heterocycles. The highest BCUT2D eigenvalue weighted by Gasteiger charge is 2.35. The Hall–Kier alpha value is -4.26. The molecule has 1 aliphatic rings. The van der Waals surface area contributed by atoms with Crippen LogP contribution in [0.1, 0.15) is 45.2 Å². The number of ether oxygens (including phenoxy) is 2. The predicted octanol–water partition coefficient (Wildman–Crippen LogP) is 4.24. The Bertz CT molecular complexity index is 1190. The molecule has 2 aromatic carbocycles. The van der Waals surface area contributed by atoms with Crippen molar-refractivity contribution in [2.75, 3.05) is 13.2 Å². The fraction of sp³-hybridized carbons (Fsp3) is 0.154. The Morgan fingerprint density at radius 1 is 0.909 bits per heavy atom. The second kappa shape index (κ2) is 9.91. The van der Waals surface area contributed by atoms with E-state index in [2.05, 4.69) is 4.98 Å². The highest BCUT2D eigenvalue weighted by atomic mass is 16.6. The van der Waals surface area contributed by atoms with Gasteiger partial charge in [-0.1, -0.05) is 30.4 Å². The Morgan fingerprint density at radius 2 is 1.58 bits per heavy atom. The molecule has 0 fully saturated rings. The summed E-state index contributed by atoms with van der Waals surface area (Å²) in [6, 6.07) is 15.7. The molecule has 0 saturated heterocycles. The molecule has 0 radical (unpaired) electrons. The smallest absolute Gasteiger partial charge is 0.313 e. The molecular weight excluding hydrogens is 420 g/mol. The van der Waals surface area contributed by atoms with E-state index in [1.807, 2.05) is 37.3 Å². The number of hydrogen-bond acceptors (Lipinski definition) is 6. The number of carbonyl (C=O) groups excluding carboxylic acids is 3. The molecule has 0 atom stereocenters. The Labute approximate surface area is 191 Å². The van der Waals surface area contributed by atoms with Crippen LogP contribution in [0.4, 0.5) is 0 Å². The van der Waals surface area contributed by atoms with Crippen LogP contribution in [0.3, 0.4) is 0 Å². The Balaban J connectivity index is 1.40. The van der Waals surface area contributed by atoms with Crippen LogP contribution < -0.4 is 9.47 Å². The van der Waals surface area contributed by atoms with E-state index in [1.54, 1.807) is 48.8 Å². The van der Waals surface area contributed by atoms with Crippen LogP contribution >= 0.6 is 0 Å². The van der Waals surface area contributed by atoms with Crippen LogP contribution in [-0.2, 0) is 4.79 Å². The average Bonchev–Trinajstić information content (AvgIpc) is 3.08. The van der Waals surface area contributed by atoms with Crippen LogP contribution in [0.2, 0.25) is 0 Å². The predicted molar refractivity (Wildman–Crippen MR) is 123 cm³/mol. The zero-order valence-corrected chi connectivity index (χ0v) is 18.1. The molecule has 2 heterocycles. The van der Waals surface area contributed by atoms with Gasteiger partial charge in [0.1, 0.15) is 0 Å². The molecule has 0 spiro atoms. The second-order valence-electron chi connectivity index (χ2n) is 7.28. The summed E-state index contributed by atoms with van der Waals surface area (Å²) in [5.41, 5.74) is 2.59. The lowest BCUT2D eigenvalue weighted by Crippen LogP contribution is -2.32. The van der Waals surface area contributed by atoms with E-state index in [9.17, 15) is 14.4 Å². The van der Waals surface area contributed by atoms with Gasteiger partial charge in [-0.2, -0.15) is 0 Å². The van der Waals surface area contributed by atoms with Gasteiger partial charge < -0.3 is 9.47 Å². The molecule has 166 valence electrons. The first kappa shape index (κ1) is 22.0. The van der Waals surface area contributed by atoms with Gasteiger partial charge in [-0.05, 0) is 54.4 Å². The molecule has 7 nitrogen and oxygen atoms in total. The molecule has 33 heavy (non-hydrogen) atoms. The van der Waals surface area contributed by atoms with Crippen LogP contribution in [-0.4, -0.2) is 40.8 Å². The van der Waals surface area contributed by atoms with Crippen molar-refractivity contribution in [2.24, 2.45) is 0 Å². The van der Waals surface area contributed by atoms with Crippen LogP contribution in [0.25, 0.3) is 12.2 Å². The minimum absolute atomic E-state index is 0.0537. The summed E-state index contributed by atoms with van der Waals surface area (Å²) in [5.74, 6) is -0.645. The fourth-order valence-electron chi connectivity index (χ4n) is 3.47. The molecule has 0 saturated carbocycles. The number of pyridine rings is 1. The minimum atomic E-state index is -0.562. The van der Waals surface area contributed by atoms with Crippen molar-refractivity contribution in [3.05, 3.63) is 89.2 Å². The maximum Gasteiger partial charge on any atom is 0.313 e. The SMILES string of the molecule is CCOc1cc(/C=C/c2ccncc2)ccc1OC(=O)CCN1C(=O)c2ccccc2C1=O. The van der Waals surface area contributed by atoms with Gasteiger partial charge in [0.2, 0.25) is 0 Å². The number of aromatic nitrogens is 1.